The quantitative estimate of drug-likeness (QED) is 0.739. The van der Waals surface area contributed by atoms with Gasteiger partial charge < -0.3 is 23.8 Å². The Balaban J connectivity index is 1.72. The first-order valence-electron chi connectivity index (χ1n) is 10.4. The van der Waals surface area contributed by atoms with Gasteiger partial charge in [-0.25, -0.2) is 4.79 Å². The number of amides is 1. The average Bonchev–Trinajstić information content (AvgIpc) is 3.16. The van der Waals surface area contributed by atoms with E-state index in [2.05, 4.69) is 15.5 Å². The van der Waals surface area contributed by atoms with Gasteiger partial charge in [0.05, 0.1) is 11.2 Å². The smallest absolute Gasteiger partial charge is 0.444 e. The van der Waals surface area contributed by atoms with Crippen molar-refractivity contribution < 1.29 is 23.3 Å². The van der Waals surface area contributed by atoms with Gasteiger partial charge in [-0.2, -0.15) is 0 Å². The van der Waals surface area contributed by atoms with E-state index in [9.17, 15) is 4.79 Å². The summed E-state index contributed by atoms with van der Waals surface area (Å²) in [5.74, 6) is 0.637. The van der Waals surface area contributed by atoms with E-state index in [0.717, 1.165) is 11.0 Å². The second-order valence-electron chi connectivity index (χ2n) is 10.4. The van der Waals surface area contributed by atoms with Crippen molar-refractivity contribution in [1.29, 1.82) is 0 Å². The molecule has 0 aliphatic carbocycles. The molecule has 1 saturated heterocycles. The molecule has 2 aromatic rings. The molecule has 0 unspecified atom stereocenters. The minimum atomic E-state index is -0.893. The van der Waals surface area contributed by atoms with Gasteiger partial charge in [0.2, 0.25) is 11.8 Å². The number of carbonyl (C=O) groups is 1. The molecule has 8 nitrogen and oxygen atoms in total. The van der Waals surface area contributed by atoms with Gasteiger partial charge in [-0.3, -0.25) is 0 Å². The lowest BCUT2D eigenvalue weighted by molar-refractivity contribution is 0.00578. The first-order chi connectivity index (χ1) is 14.1. The van der Waals surface area contributed by atoms with Crippen molar-refractivity contribution in [3.63, 3.8) is 0 Å². The summed E-state index contributed by atoms with van der Waals surface area (Å²) in [6.45, 7) is 17.0. The number of benzene rings is 1. The SMILES string of the molecule is CC(C)(C)OC(=O)NC(C)(C)c1nnc(-c2ccc(B3OC(C)(C)C(C)(C)O3)cc2)o1. The Labute approximate surface area is 184 Å². The number of rotatable bonds is 4. The van der Waals surface area contributed by atoms with Crippen LogP contribution in [0, 0.1) is 0 Å². The number of hydrogen-bond acceptors (Lipinski definition) is 7. The number of carbonyl (C=O) groups excluding carboxylic acids is 1. The molecule has 1 aromatic carbocycles. The standard InChI is InChI=1S/C22H32BN3O5/c1-19(2,3)29-18(27)24-20(4,5)17-26-25-16(28-17)14-10-12-15(13-11-14)23-30-21(6,7)22(8,9)31-23/h10-13H,1-9H3,(H,24,27). The molecular formula is C22H32BN3O5. The number of alkyl carbamates (subject to hydrolysis) is 1. The lowest BCUT2D eigenvalue weighted by atomic mass is 9.79. The second kappa shape index (κ2) is 7.64. The number of nitrogens with zero attached hydrogens (tertiary/aromatic N) is 2. The molecule has 3 rings (SSSR count). The van der Waals surface area contributed by atoms with Crippen molar-refractivity contribution in [1.82, 2.24) is 15.5 Å². The lowest BCUT2D eigenvalue weighted by Gasteiger charge is -2.32. The van der Waals surface area contributed by atoms with Crippen molar-refractivity contribution in [3.8, 4) is 11.5 Å². The van der Waals surface area contributed by atoms with Crippen LogP contribution < -0.4 is 10.8 Å². The maximum Gasteiger partial charge on any atom is 0.494 e. The zero-order valence-corrected chi connectivity index (χ0v) is 19.8. The highest BCUT2D eigenvalue weighted by atomic mass is 16.7. The molecule has 0 atom stereocenters. The minimum Gasteiger partial charge on any atom is -0.444 e. The van der Waals surface area contributed by atoms with E-state index < -0.39 is 35.6 Å². The Hall–Kier alpha value is -2.39. The third kappa shape index (κ3) is 5.10. The van der Waals surface area contributed by atoms with Crippen LogP contribution in [-0.2, 0) is 19.6 Å². The third-order valence-corrected chi connectivity index (χ3v) is 5.46. The fourth-order valence-electron chi connectivity index (χ4n) is 2.97. The maximum absolute atomic E-state index is 12.1. The summed E-state index contributed by atoms with van der Waals surface area (Å²) in [4.78, 5) is 12.1. The second-order valence-corrected chi connectivity index (χ2v) is 10.4. The molecular weight excluding hydrogens is 397 g/mol. The zero-order valence-electron chi connectivity index (χ0n) is 19.8. The Morgan fingerprint density at radius 2 is 1.52 bits per heavy atom. The summed E-state index contributed by atoms with van der Waals surface area (Å²) in [5, 5.41) is 11.0. The molecule has 1 aliphatic heterocycles. The van der Waals surface area contributed by atoms with Crippen LogP contribution in [0.4, 0.5) is 4.79 Å². The number of aromatic nitrogens is 2. The Bertz CT molecular complexity index is 929. The van der Waals surface area contributed by atoms with Crippen molar-refractivity contribution in [2.24, 2.45) is 0 Å². The molecule has 1 fully saturated rings. The van der Waals surface area contributed by atoms with Crippen LogP contribution >= 0.6 is 0 Å². The average molecular weight is 429 g/mol. The monoisotopic (exact) mass is 429 g/mol. The number of hydrogen-bond donors (Lipinski definition) is 1. The van der Waals surface area contributed by atoms with Gasteiger partial charge in [-0.1, -0.05) is 12.1 Å². The molecule has 1 aliphatic rings. The van der Waals surface area contributed by atoms with E-state index >= 15 is 0 Å². The van der Waals surface area contributed by atoms with Gasteiger partial charge in [0.1, 0.15) is 11.1 Å². The summed E-state index contributed by atoms with van der Waals surface area (Å²) in [5.41, 5.74) is -0.620. The fraction of sp³-hybridized carbons (Fsp3) is 0.591. The van der Waals surface area contributed by atoms with Crippen LogP contribution in [0.15, 0.2) is 28.7 Å². The van der Waals surface area contributed by atoms with Crippen LogP contribution in [0.5, 0.6) is 0 Å². The highest BCUT2D eigenvalue weighted by Gasteiger charge is 2.51. The Kier molecular flexibility index (Phi) is 5.73. The lowest BCUT2D eigenvalue weighted by Crippen LogP contribution is -2.44. The summed E-state index contributed by atoms with van der Waals surface area (Å²) < 4.78 is 23.3. The Morgan fingerprint density at radius 3 is 2.03 bits per heavy atom. The predicted molar refractivity (Wildman–Crippen MR) is 118 cm³/mol. The number of nitrogens with one attached hydrogen (secondary N) is 1. The third-order valence-electron chi connectivity index (χ3n) is 5.46. The van der Waals surface area contributed by atoms with Crippen LogP contribution in [-0.4, -0.2) is 40.2 Å². The van der Waals surface area contributed by atoms with Crippen molar-refractivity contribution in [2.45, 2.75) is 84.7 Å². The van der Waals surface area contributed by atoms with Gasteiger partial charge in [0.15, 0.2) is 0 Å². The first-order valence-corrected chi connectivity index (χ1v) is 10.4. The molecule has 168 valence electrons. The molecule has 1 N–H and O–H groups in total. The Morgan fingerprint density at radius 1 is 0.968 bits per heavy atom. The van der Waals surface area contributed by atoms with Gasteiger partial charge in [-0.15, -0.1) is 10.2 Å². The van der Waals surface area contributed by atoms with E-state index in [1.165, 1.54) is 0 Å². The zero-order chi connectivity index (χ0) is 23.2. The van der Waals surface area contributed by atoms with Crippen LogP contribution in [0.2, 0.25) is 0 Å². The summed E-state index contributed by atoms with van der Waals surface area (Å²) in [7, 11) is -0.436. The predicted octanol–water partition coefficient (Wildman–Crippen LogP) is 3.80. The number of ether oxygens (including phenoxy) is 1. The largest absolute Gasteiger partial charge is 0.494 e. The summed E-state index contributed by atoms with van der Waals surface area (Å²) >= 11 is 0. The molecule has 0 spiro atoms. The fourth-order valence-corrected chi connectivity index (χ4v) is 2.97. The first kappa shape index (κ1) is 23.3. The molecule has 0 saturated carbocycles. The van der Waals surface area contributed by atoms with Gasteiger partial charge >= 0.3 is 13.2 Å². The highest BCUT2D eigenvalue weighted by Crippen LogP contribution is 2.36. The molecule has 1 amide bonds. The topological polar surface area (TPSA) is 95.7 Å². The van der Waals surface area contributed by atoms with Gasteiger partial charge in [0, 0.05) is 5.56 Å². The van der Waals surface area contributed by atoms with Crippen molar-refractivity contribution in [3.05, 3.63) is 30.2 Å². The van der Waals surface area contributed by atoms with E-state index in [4.69, 9.17) is 18.5 Å². The maximum atomic E-state index is 12.1. The minimum absolute atomic E-state index is 0.281. The molecule has 0 bridgehead atoms. The van der Waals surface area contributed by atoms with Crippen molar-refractivity contribution in [2.75, 3.05) is 0 Å². The molecule has 2 heterocycles. The van der Waals surface area contributed by atoms with E-state index in [1.807, 2.05) is 52.0 Å². The van der Waals surface area contributed by atoms with Gasteiger partial charge in [-0.05, 0) is 79.9 Å². The molecule has 31 heavy (non-hydrogen) atoms. The van der Waals surface area contributed by atoms with Gasteiger partial charge in [0.25, 0.3) is 0 Å². The molecule has 9 heteroatoms. The summed E-state index contributed by atoms with van der Waals surface area (Å²) in [6.07, 6.45) is -0.552. The van der Waals surface area contributed by atoms with Crippen molar-refractivity contribution >= 4 is 18.7 Å². The van der Waals surface area contributed by atoms with Crippen LogP contribution in [0.3, 0.4) is 0 Å². The molecule has 1 aromatic heterocycles. The summed E-state index contributed by atoms with van der Waals surface area (Å²) in [6, 6.07) is 7.61. The normalized spacial score (nSPS) is 18.2. The highest BCUT2D eigenvalue weighted by molar-refractivity contribution is 6.62. The van der Waals surface area contributed by atoms with Crippen LogP contribution in [0.25, 0.3) is 11.5 Å². The van der Waals surface area contributed by atoms with E-state index in [-0.39, 0.29) is 5.89 Å². The molecule has 0 radical (unpaired) electrons. The van der Waals surface area contributed by atoms with E-state index in [1.54, 1.807) is 34.6 Å². The van der Waals surface area contributed by atoms with Crippen LogP contribution in [0.1, 0.15) is 68.2 Å². The van der Waals surface area contributed by atoms with E-state index in [0.29, 0.717) is 5.89 Å².